The Morgan fingerprint density at radius 1 is 1.03 bits per heavy atom. The minimum Gasteiger partial charge on any atom is -0.366 e. The van der Waals surface area contributed by atoms with E-state index in [2.05, 4.69) is 0 Å². The number of hydrogen-bond acceptors (Lipinski definition) is 5. The molecule has 3 aromatic rings. The molecule has 4 rings (SSSR count). The van der Waals surface area contributed by atoms with Gasteiger partial charge in [0.15, 0.2) is 5.78 Å². The summed E-state index contributed by atoms with van der Waals surface area (Å²) in [6.07, 6.45) is 1.18. The van der Waals surface area contributed by atoms with Crippen LogP contribution in [0.5, 0.6) is 0 Å². The second-order valence-electron chi connectivity index (χ2n) is 9.76. The molecule has 1 aliphatic heterocycles. The number of primary amides is 1. The third-order valence-corrected chi connectivity index (χ3v) is 8.37. The van der Waals surface area contributed by atoms with Crippen LogP contribution in [0.3, 0.4) is 0 Å². The summed E-state index contributed by atoms with van der Waals surface area (Å²) < 4.78 is 26.8. The van der Waals surface area contributed by atoms with Crippen molar-refractivity contribution in [2.24, 2.45) is 11.1 Å². The summed E-state index contributed by atoms with van der Waals surface area (Å²) in [6.45, 7) is 5.75. The standard InChI is InChI=1S/C25H29N3O5S/c1-16(2)27-21-14-17(22(29)15-25(3)9-11-34(32,33)12-10-25)7-8-20(21)28(24(27)31)19-6-4-5-18(13-19)23(26)30/h4-8,13-14,16H,9-12,15H2,1-3H3,(H2,26,30). The minimum absolute atomic E-state index is 0.0741. The van der Waals surface area contributed by atoms with Crippen LogP contribution in [0.2, 0.25) is 0 Å². The molecule has 1 aromatic heterocycles. The van der Waals surface area contributed by atoms with Crippen LogP contribution in [-0.4, -0.2) is 40.7 Å². The van der Waals surface area contributed by atoms with E-state index in [1.54, 1.807) is 47.0 Å². The van der Waals surface area contributed by atoms with Crippen molar-refractivity contribution in [3.05, 3.63) is 64.1 Å². The first-order chi connectivity index (χ1) is 15.9. The maximum atomic E-state index is 13.4. The van der Waals surface area contributed by atoms with Gasteiger partial charge in [-0.2, -0.15) is 0 Å². The molecular formula is C25H29N3O5S. The topological polar surface area (TPSA) is 121 Å². The Morgan fingerprint density at radius 3 is 2.32 bits per heavy atom. The third kappa shape index (κ3) is 4.44. The summed E-state index contributed by atoms with van der Waals surface area (Å²) >= 11 is 0. The number of imidazole rings is 1. The molecule has 0 saturated carbocycles. The molecule has 0 radical (unpaired) electrons. The number of sulfone groups is 1. The van der Waals surface area contributed by atoms with Gasteiger partial charge < -0.3 is 5.73 Å². The number of carbonyl (C=O) groups is 2. The number of fused-ring (bicyclic) bond motifs is 1. The normalized spacial score (nSPS) is 17.2. The fourth-order valence-electron chi connectivity index (χ4n) is 4.64. The van der Waals surface area contributed by atoms with E-state index >= 15 is 0 Å². The highest BCUT2D eigenvalue weighted by Crippen LogP contribution is 2.36. The van der Waals surface area contributed by atoms with E-state index in [1.165, 1.54) is 4.57 Å². The highest BCUT2D eigenvalue weighted by atomic mass is 32.2. The van der Waals surface area contributed by atoms with Crippen molar-refractivity contribution in [1.82, 2.24) is 9.13 Å². The molecule has 0 unspecified atom stereocenters. The lowest BCUT2D eigenvalue weighted by molar-refractivity contribution is 0.0911. The molecule has 8 nitrogen and oxygen atoms in total. The average molecular weight is 484 g/mol. The number of hydrogen-bond donors (Lipinski definition) is 1. The van der Waals surface area contributed by atoms with Gasteiger partial charge in [0.25, 0.3) is 0 Å². The number of aromatic nitrogens is 2. The van der Waals surface area contributed by atoms with E-state index in [1.807, 2.05) is 20.8 Å². The van der Waals surface area contributed by atoms with Gasteiger partial charge >= 0.3 is 5.69 Å². The van der Waals surface area contributed by atoms with Crippen molar-refractivity contribution < 1.29 is 18.0 Å². The van der Waals surface area contributed by atoms with E-state index in [0.29, 0.717) is 40.7 Å². The predicted octanol–water partition coefficient (Wildman–Crippen LogP) is 3.26. The number of ketones is 1. The summed E-state index contributed by atoms with van der Waals surface area (Å²) in [5.74, 6) is -0.444. The molecule has 0 aliphatic carbocycles. The lowest BCUT2D eigenvalue weighted by atomic mass is 9.78. The van der Waals surface area contributed by atoms with Crippen molar-refractivity contribution >= 4 is 32.6 Å². The highest BCUT2D eigenvalue weighted by Gasteiger charge is 2.35. The predicted molar refractivity (Wildman–Crippen MR) is 131 cm³/mol. The van der Waals surface area contributed by atoms with Crippen molar-refractivity contribution in [2.75, 3.05) is 11.5 Å². The van der Waals surface area contributed by atoms with Crippen molar-refractivity contribution in [1.29, 1.82) is 0 Å². The first-order valence-corrected chi connectivity index (χ1v) is 13.1. The minimum atomic E-state index is -3.02. The lowest BCUT2D eigenvalue weighted by Crippen LogP contribution is -2.33. The number of nitrogens with two attached hydrogens (primary N) is 1. The number of carbonyl (C=O) groups excluding carboxylic acids is 2. The van der Waals surface area contributed by atoms with Gasteiger partial charge in [0, 0.05) is 23.6 Å². The summed E-state index contributed by atoms with van der Waals surface area (Å²) in [5.41, 5.74) is 7.31. The monoisotopic (exact) mass is 483 g/mol. The molecule has 9 heteroatoms. The Labute approximate surface area is 198 Å². The number of Topliss-reactive ketones (excluding diaryl/α,β-unsaturated/α-hetero) is 1. The van der Waals surface area contributed by atoms with E-state index in [0.717, 1.165) is 0 Å². The molecule has 2 heterocycles. The highest BCUT2D eigenvalue weighted by molar-refractivity contribution is 7.91. The Balaban J connectivity index is 1.76. The van der Waals surface area contributed by atoms with E-state index in [4.69, 9.17) is 5.73 Å². The van der Waals surface area contributed by atoms with Gasteiger partial charge in [0.05, 0.1) is 28.2 Å². The van der Waals surface area contributed by atoms with Crippen molar-refractivity contribution in [3.8, 4) is 5.69 Å². The number of amides is 1. The molecule has 1 fully saturated rings. The van der Waals surface area contributed by atoms with Crippen LogP contribution in [0.1, 0.15) is 66.8 Å². The first kappa shape index (κ1) is 23.9. The second kappa shape index (κ2) is 8.54. The molecule has 1 amide bonds. The van der Waals surface area contributed by atoms with Crippen LogP contribution in [-0.2, 0) is 9.84 Å². The van der Waals surface area contributed by atoms with E-state index in [-0.39, 0.29) is 40.9 Å². The SMILES string of the molecule is CC(C)n1c(=O)n(-c2cccc(C(N)=O)c2)c2ccc(C(=O)CC3(C)CCS(=O)(=O)CC3)cc21. The number of benzene rings is 2. The largest absolute Gasteiger partial charge is 0.366 e. The third-order valence-electron chi connectivity index (χ3n) is 6.72. The molecule has 180 valence electrons. The van der Waals surface area contributed by atoms with Gasteiger partial charge in [-0.05, 0) is 68.5 Å². The van der Waals surface area contributed by atoms with Crippen LogP contribution < -0.4 is 11.4 Å². The van der Waals surface area contributed by atoms with Gasteiger partial charge in [-0.3, -0.25) is 18.7 Å². The zero-order valence-corrected chi connectivity index (χ0v) is 20.4. The average Bonchev–Trinajstić information content (AvgIpc) is 3.07. The molecular weight excluding hydrogens is 454 g/mol. The Morgan fingerprint density at radius 2 is 1.71 bits per heavy atom. The molecule has 0 atom stereocenters. The quantitative estimate of drug-likeness (QED) is 0.540. The van der Waals surface area contributed by atoms with Crippen LogP contribution in [0.25, 0.3) is 16.7 Å². The first-order valence-electron chi connectivity index (χ1n) is 11.3. The van der Waals surface area contributed by atoms with Crippen LogP contribution >= 0.6 is 0 Å². The molecule has 34 heavy (non-hydrogen) atoms. The summed E-state index contributed by atoms with van der Waals surface area (Å²) in [5, 5.41) is 0. The molecule has 1 aliphatic rings. The smallest absolute Gasteiger partial charge is 0.333 e. The summed E-state index contributed by atoms with van der Waals surface area (Å²) in [4.78, 5) is 38.2. The van der Waals surface area contributed by atoms with Crippen molar-refractivity contribution in [3.63, 3.8) is 0 Å². The summed E-state index contributed by atoms with van der Waals surface area (Å²) in [7, 11) is -3.02. The summed E-state index contributed by atoms with van der Waals surface area (Å²) in [6, 6.07) is 11.6. The Bertz CT molecular complexity index is 1450. The maximum Gasteiger partial charge on any atom is 0.333 e. The van der Waals surface area contributed by atoms with Crippen LogP contribution in [0.4, 0.5) is 0 Å². The molecule has 2 N–H and O–H groups in total. The molecule has 2 aromatic carbocycles. The fraction of sp³-hybridized carbons (Fsp3) is 0.400. The zero-order valence-electron chi connectivity index (χ0n) is 19.6. The van der Waals surface area contributed by atoms with Crippen LogP contribution in [0, 0.1) is 5.41 Å². The molecule has 0 bridgehead atoms. The van der Waals surface area contributed by atoms with Gasteiger partial charge in [-0.25, -0.2) is 13.2 Å². The van der Waals surface area contributed by atoms with Crippen LogP contribution in [0.15, 0.2) is 47.3 Å². The van der Waals surface area contributed by atoms with E-state index in [9.17, 15) is 22.8 Å². The molecule has 0 spiro atoms. The van der Waals surface area contributed by atoms with E-state index < -0.39 is 15.7 Å². The zero-order chi connectivity index (χ0) is 24.8. The maximum absolute atomic E-state index is 13.4. The Kier molecular flexibility index (Phi) is 6.01. The van der Waals surface area contributed by atoms with Gasteiger partial charge in [-0.1, -0.05) is 13.0 Å². The molecule has 1 saturated heterocycles. The number of rotatable bonds is 6. The fourth-order valence-corrected chi connectivity index (χ4v) is 6.45. The Hall–Kier alpha value is -3.20. The second-order valence-corrected chi connectivity index (χ2v) is 12.1. The van der Waals surface area contributed by atoms with Gasteiger partial charge in [-0.15, -0.1) is 0 Å². The number of nitrogens with zero attached hydrogens (tertiary/aromatic N) is 2. The lowest BCUT2D eigenvalue weighted by Gasteiger charge is -2.32. The van der Waals surface area contributed by atoms with Gasteiger partial charge in [0.1, 0.15) is 9.84 Å². The van der Waals surface area contributed by atoms with Crippen molar-refractivity contribution in [2.45, 2.75) is 46.1 Å². The van der Waals surface area contributed by atoms with Gasteiger partial charge in [0.2, 0.25) is 5.91 Å².